The van der Waals surface area contributed by atoms with Crippen molar-refractivity contribution in [2.75, 3.05) is 0 Å². The first kappa shape index (κ1) is 15.8. The lowest BCUT2D eigenvalue weighted by Crippen LogP contribution is -2.51. The van der Waals surface area contributed by atoms with Gasteiger partial charge in [0.2, 0.25) is 0 Å². The van der Waals surface area contributed by atoms with E-state index in [0.29, 0.717) is 18.3 Å². The quantitative estimate of drug-likeness (QED) is 0.717. The molecule has 3 N–H and O–H groups in total. The summed E-state index contributed by atoms with van der Waals surface area (Å²) in [7, 11) is 0. The van der Waals surface area contributed by atoms with Gasteiger partial charge in [-0.3, -0.25) is 4.79 Å². The van der Waals surface area contributed by atoms with Gasteiger partial charge < -0.3 is 15.7 Å². The first-order valence-electron chi connectivity index (χ1n) is 7.02. The van der Waals surface area contributed by atoms with E-state index in [0.717, 1.165) is 12.8 Å². The molecule has 5 heteroatoms. The number of hydrogen-bond acceptors (Lipinski definition) is 2. The number of hydrogen-bond donors (Lipinski definition) is 3. The average molecular weight is 270 g/mol. The van der Waals surface area contributed by atoms with E-state index < -0.39 is 11.5 Å². The van der Waals surface area contributed by atoms with Gasteiger partial charge in [0.15, 0.2) is 0 Å². The van der Waals surface area contributed by atoms with Gasteiger partial charge in [-0.1, -0.05) is 13.8 Å². The highest BCUT2D eigenvalue weighted by molar-refractivity contribution is 5.75. The molecule has 2 amide bonds. The van der Waals surface area contributed by atoms with Crippen LogP contribution in [-0.2, 0) is 4.79 Å². The third-order valence-corrected chi connectivity index (χ3v) is 4.20. The van der Waals surface area contributed by atoms with Crippen molar-refractivity contribution in [2.45, 2.75) is 65.0 Å². The van der Waals surface area contributed by atoms with Crippen molar-refractivity contribution in [3.05, 3.63) is 0 Å². The van der Waals surface area contributed by atoms with Gasteiger partial charge in [-0.2, -0.15) is 0 Å². The number of carbonyl (C=O) groups excluding carboxylic acids is 1. The van der Waals surface area contributed by atoms with E-state index in [1.165, 1.54) is 0 Å². The molecule has 0 aromatic rings. The maximum absolute atomic E-state index is 11.9. The van der Waals surface area contributed by atoms with Crippen LogP contribution in [0.3, 0.4) is 0 Å². The van der Waals surface area contributed by atoms with Gasteiger partial charge in [-0.25, -0.2) is 4.79 Å². The van der Waals surface area contributed by atoms with Gasteiger partial charge in [0, 0.05) is 18.0 Å². The Bertz CT molecular complexity index is 342. The number of nitrogens with one attached hydrogen (secondary N) is 2. The second kappa shape index (κ2) is 6.26. The minimum Gasteiger partial charge on any atom is -0.481 e. The Balaban J connectivity index is 2.40. The molecule has 1 rings (SSSR count). The Hall–Kier alpha value is -1.26. The van der Waals surface area contributed by atoms with E-state index in [4.69, 9.17) is 5.11 Å². The Morgan fingerprint density at radius 3 is 2.37 bits per heavy atom. The molecule has 0 aromatic carbocycles. The maximum Gasteiger partial charge on any atom is 0.315 e. The lowest BCUT2D eigenvalue weighted by atomic mass is 9.97. The molecular formula is C14H26N2O3. The summed E-state index contributed by atoms with van der Waals surface area (Å²) in [6.45, 7) is 8.06. The zero-order valence-electron chi connectivity index (χ0n) is 12.3. The van der Waals surface area contributed by atoms with Crippen LogP contribution in [0.4, 0.5) is 4.79 Å². The molecule has 0 heterocycles. The molecule has 19 heavy (non-hydrogen) atoms. The van der Waals surface area contributed by atoms with Crippen LogP contribution in [0.25, 0.3) is 0 Å². The highest BCUT2D eigenvalue weighted by Crippen LogP contribution is 2.31. The standard InChI is InChI=1S/C14H26N2O3/c1-9-5-6-11(10(9)2)15-13(19)16-14(3,4)8-7-12(17)18/h9-11H,5-8H2,1-4H3,(H,17,18)(H2,15,16,19). The Labute approximate surface area is 115 Å². The molecule has 0 saturated heterocycles. The number of amides is 2. The molecule has 0 bridgehead atoms. The molecular weight excluding hydrogens is 244 g/mol. The van der Waals surface area contributed by atoms with Crippen molar-refractivity contribution in [2.24, 2.45) is 11.8 Å². The van der Waals surface area contributed by atoms with Crippen LogP contribution < -0.4 is 10.6 Å². The summed E-state index contributed by atoms with van der Waals surface area (Å²) in [6.07, 6.45) is 2.65. The monoisotopic (exact) mass is 270 g/mol. The number of carboxylic acid groups (broad SMARTS) is 1. The largest absolute Gasteiger partial charge is 0.481 e. The van der Waals surface area contributed by atoms with Gasteiger partial charge in [-0.15, -0.1) is 0 Å². The van der Waals surface area contributed by atoms with Crippen LogP contribution in [0.5, 0.6) is 0 Å². The minimum atomic E-state index is -0.839. The maximum atomic E-state index is 11.9. The molecule has 0 aromatic heterocycles. The fraction of sp³-hybridized carbons (Fsp3) is 0.857. The van der Waals surface area contributed by atoms with Crippen molar-refractivity contribution in [1.82, 2.24) is 10.6 Å². The highest BCUT2D eigenvalue weighted by atomic mass is 16.4. The van der Waals surface area contributed by atoms with Crippen LogP contribution >= 0.6 is 0 Å². The number of carboxylic acids is 1. The van der Waals surface area contributed by atoms with E-state index in [9.17, 15) is 9.59 Å². The lowest BCUT2D eigenvalue weighted by molar-refractivity contribution is -0.137. The summed E-state index contributed by atoms with van der Waals surface area (Å²) in [5, 5.41) is 14.5. The lowest BCUT2D eigenvalue weighted by Gasteiger charge is -2.28. The van der Waals surface area contributed by atoms with Gasteiger partial charge in [0.1, 0.15) is 0 Å². The predicted molar refractivity (Wildman–Crippen MR) is 74.0 cm³/mol. The molecule has 5 nitrogen and oxygen atoms in total. The SMILES string of the molecule is CC1CCC(NC(=O)NC(C)(C)CCC(=O)O)C1C. The van der Waals surface area contributed by atoms with Gasteiger partial charge in [0.25, 0.3) is 0 Å². The van der Waals surface area contributed by atoms with Crippen LogP contribution in [0.2, 0.25) is 0 Å². The zero-order valence-corrected chi connectivity index (χ0v) is 12.3. The van der Waals surface area contributed by atoms with E-state index in [1.807, 2.05) is 13.8 Å². The van der Waals surface area contributed by atoms with Crippen LogP contribution in [0.1, 0.15) is 53.4 Å². The molecule has 1 saturated carbocycles. The fourth-order valence-electron chi connectivity index (χ4n) is 2.56. The third-order valence-electron chi connectivity index (χ3n) is 4.20. The van der Waals surface area contributed by atoms with Gasteiger partial charge in [-0.05, 0) is 44.9 Å². The van der Waals surface area contributed by atoms with Crippen LogP contribution in [0.15, 0.2) is 0 Å². The Morgan fingerprint density at radius 2 is 1.89 bits per heavy atom. The second-order valence-corrected chi connectivity index (χ2v) is 6.40. The molecule has 0 radical (unpaired) electrons. The van der Waals surface area contributed by atoms with Crippen LogP contribution in [0, 0.1) is 11.8 Å². The summed E-state index contributed by atoms with van der Waals surface area (Å²) in [4.78, 5) is 22.5. The number of rotatable bonds is 5. The summed E-state index contributed by atoms with van der Waals surface area (Å²) in [5.74, 6) is 0.298. The molecule has 110 valence electrons. The molecule has 0 spiro atoms. The summed E-state index contributed by atoms with van der Waals surface area (Å²) in [5.41, 5.74) is -0.504. The Kier molecular flexibility index (Phi) is 5.20. The topological polar surface area (TPSA) is 78.4 Å². The predicted octanol–water partition coefficient (Wildman–Crippen LogP) is 2.36. The number of aliphatic carboxylic acids is 1. The average Bonchev–Trinajstić information content (AvgIpc) is 2.58. The highest BCUT2D eigenvalue weighted by Gasteiger charge is 2.31. The van der Waals surface area contributed by atoms with Crippen LogP contribution in [-0.4, -0.2) is 28.7 Å². The molecule has 0 aliphatic heterocycles. The fourth-order valence-corrected chi connectivity index (χ4v) is 2.56. The summed E-state index contributed by atoms with van der Waals surface area (Å²) >= 11 is 0. The molecule has 3 atom stereocenters. The Morgan fingerprint density at radius 1 is 1.26 bits per heavy atom. The van der Waals surface area contributed by atoms with E-state index in [-0.39, 0.29) is 18.5 Å². The number of carbonyl (C=O) groups is 2. The molecule has 1 fully saturated rings. The minimum absolute atomic E-state index is 0.0597. The third kappa shape index (κ3) is 5.09. The van der Waals surface area contributed by atoms with Gasteiger partial charge in [0.05, 0.1) is 0 Å². The first-order valence-corrected chi connectivity index (χ1v) is 7.02. The smallest absolute Gasteiger partial charge is 0.315 e. The second-order valence-electron chi connectivity index (χ2n) is 6.40. The van der Waals surface area contributed by atoms with Crippen molar-refractivity contribution in [1.29, 1.82) is 0 Å². The van der Waals surface area contributed by atoms with E-state index in [1.54, 1.807) is 0 Å². The van der Waals surface area contributed by atoms with Crippen molar-refractivity contribution in [3.63, 3.8) is 0 Å². The number of urea groups is 1. The molecule has 3 unspecified atom stereocenters. The normalized spacial score (nSPS) is 27.1. The molecule has 1 aliphatic carbocycles. The van der Waals surface area contributed by atoms with Crippen molar-refractivity contribution in [3.8, 4) is 0 Å². The van der Waals surface area contributed by atoms with Gasteiger partial charge >= 0.3 is 12.0 Å². The van der Waals surface area contributed by atoms with E-state index in [2.05, 4.69) is 24.5 Å². The van der Waals surface area contributed by atoms with E-state index >= 15 is 0 Å². The summed E-state index contributed by atoms with van der Waals surface area (Å²) < 4.78 is 0. The van der Waals surface area contributed by atoms with Crippen molar-refractivity contribution >= 4 is 12.0 Å². The first-order chi connectivity index (χ1) is 8.71. The molecule has 1 aliphatic rings. The zero-order chi connectivity index (χ0) is 14.6. The van der Waals surface area contributed by atoms with Crippen molar-refractivity contribution < 1.29 is 14.7 Å². The summed E-state index contributed by atoms with van der Waals surface area (Å²) in [6, 6.07) is 0.0339.